The van der Waals surface area contributed by atoms with Crippen molar-refractivity contribution in [3.8, 4) is 5.75 Å². The van der Waals surface area contributed by atoms with E-state index in [4.69, 9.17) is 25.8 Å². The SMILES string of the molecule is COCCNCCOCCc1ccc(OC)c(Cl)c1. The molecule has 0 amide bonds. The van der Waals surface area contributed by atoms with Gasteiger partial charge in [-0.25, -0.2) is 0 Å². The van der Waals surface area contributed by atoms with E-state index in [0.29, 0.717) is 24.0 Å². The lowest BCUT2D eigenvalue weighted by atomic mass is 10.1. The molecule has 0 fully saturated rings. The van der Waals surface area contributed by atoms with E-state index in [1.54, 1.807) is 14.2 Å². The van der Waals surface area contributed by atoms with E-state index in [1.807, 2.05) is 18.2 Å². The second kappa shape index (κ2) is 10.0. The fourth-order valence-corrected chi connectivity index (χ4v) is 1.88. The molecule has 0 radical (unpaired) electrons. The molecule has 5 heteroatoms. The average molecular weight is 288 g/mol. The van der Waals surface area contributed by atoms with E-state index in [-0.39, 0.29) is 0 Å². The van der Waals surface area contributed by atoms with Gasteiger partial charge in [-0.15, -0.1) is 0 Å². The van der Waals surface area contributed by atoms with E-state index >= 15 is 0 Å². The lowest BCUT2D eigenvalue weighted by Crippen LogP contribution is -2.23. The van der Waals surface area contributed by atoms with Crippen molar-refractivity contribution in [2.24, 2.45) is 0 Å². The van der Waals surface area contributed by atoms with E-state index < -0.39 is 0 Å². The van der Waals surface area contributed by atoms with Gasteiger partial charge in [0, 0.05) is 20.2 Å². The Morgan fingerprint density at radius 2 is 1.89 bits per heavy atom. The summed E-state index contributed by atoms with van der Waals surface area (Å²) >= 11 is 6.05. The summed E-state index contributed by atoms with van der Waals surface area (Å²) in [6, 6.07) is 5.80. The zero-order chi connectivity index (χ0) is 13.9. The molecule has 0 spiro atoms. The first-order valence-corrected chi connectivity index (χ1v) is 6.75. The van der Waals surface area contributed by atoms with Crippen LogP contribution in [0.25, 0.3) is 0 Å². The Bertz CT molecular complexity index is 361. The third-order valence-corrected chi connectivity index (χ3v) is 2.95. The summed E-state index contributed by atoms with van der Waals surface area (Å²) in [5.41, 5.74) is 1.15. The van der Waals surface area contributed by atoms with Gasteiger partial charge in [0.05, 0.1) is 32.0 Å². The molecule has 1 N–H and O–H groups in total. The van der Waals surface area contributed by atoms with Crippen LogP contribution >= 0.6 is 11.6 Å². The van der Waals surface area contributed by atoms with Gasteiger partial charge in [0.25, 0.3) is 0 Å². The van der Waals surface area contributed by atoms with Crippen LogP contribution in [0.5, 0.6) is 5.75 Å². The summed E-state index contributed by atoms with van der Waals surface area (Å²) in [6.07, 6.45) is 0.849. The fourth-order valence-electron chi connectivity index (χ4n) is 1.60. The Hall–Kier alpha value is -0.810. The molecule has 0 atom stereocenters. The average Bonchev–Trinajstić information content (AvgIpc) is 2.42. The maximum absolute atomic E-state index is 6.05. The van der Waals surface area contributed by atoms with E-state index in [0.717, 1.165) is 31.7 Å². The maximum Gasteiger partial charge on any atom is 0.137 e. The van der Waals surface area contributed by atoms with Gasteiger partial charge < -0.3 is 19.5 Å². The first-order chi connectivity index (χ1) is 9.27. The van der Waals surface area contributed by atoms with Crippen molar-refractivity contribution in [3.05, 3.63) is 28.8 Å². The molecule has 0 aliphatic rings. The van der Waals surface area contributed by atoms with Crippen molar-refractivity contribution in [2.45, 2.75) is 6.42 Å². The minimum Gasteiger partial charge on any atom is -0.495 e. The fraction of sp³-hybridized carbons (Fsp3) is 0.571. The number of hydrogen-bond acceptors (Lipinski definition) is 4. The van der Waals surface area contributed by atoms with Crippen LogP contribution in [0.3, 0.4) is 0 Å². The Labute approximate surface area is 120 Å². The molecule has 0 unspecified atom stereocenters. The molecule has 1 aromatic carbocycles. The van der Waals surface area contributed by atoms with Crippen molar-refractivity contribution in [1.82, 2.24) is 5.32 Å². The van der Waals surface area contributed by atoms with Gasteiger partial charge in [-0.1, -0.05) is 17.7 Å². The smallest absolute Gasteiger partial charge is 0.137 e. The molecule has 4 nitrogen and oxygen atoms in total. The quantitative estimate of drug-likeness (QED) is 0.669. The number of nitrogens with one attached hydrogen (secondary N) is 1. The second-order valence-corrected chi connectivity index (χ2v) is 4.48. The van der Waals surface area contributed by atoms with Gasteiger partial charge in [-0.3, -0.25) is 0 Å². The molecule has 0 aliphatic heterocycles. The minimum absolute atomic E-state index is 0.640. The van der Waals surface area contributed by atoms with E-state index in [9.17, 15) is 0 Å². The summed E-state index contributed by atoms with van der Waals surface area (Å²) < 4.78 is 15.6. The molecule has 19 heavy (non-hydrogen) atoms. The first kappa shape index (κ1) is 16.2. The van der Waals surface area contributed by atoms with Gasteiger partial charge >= 0.3 is 0 Å². The molecule has 0 bridgehead atoms. The maximum atomic E-state index is 6.05. The minimum atomic E-state index is 0.640. The van der Waals surface area contributed by atoms with Crippen LogP contribution in [0, 0.1) is 0 Å². The first-order valence-electron chi connectivity index (χ1n) is 6.37. The van der Waals surface area contributed by atoms with Crippen LogP contribution in [-0.2, 0) is 15.9 Å². The zero-order valence-corrected chi connectivity index (χ0v) is 12.3. The molecule has 108 valence electrons. The Morgan fingerprint density at radius 1 is 1.11 bits per heavy atom. The Balaban J connectivity index is 2.11. The van der Waals surface area contributed by atoms with Crippen molar-refractivity contribution >= 4 is 11.6 Å². The van der Waals surface area contributed by atoms with Gasteiger partial charge in [0.1, 0.15) is 5.75 Å². The normalized spacial score (nSPS) is 10.7. The van der Waals surface area contributed by atoms with Crippen molar-refractivity contribution < 1.29 is 14.2 Å². The second-order valence-electron chi connectivity index (χ2n) is 4.07. The number of methoxy groups -OCH3 is 2. The van der Waals surface area contributed by atoms with Crippen molar-refractivity contribution in [3.63, 3.8) is 0 Å². The van der Waals surface area contributed by atoms with Gasteiger partial charge in [0.2, 0.25) is 0 Å². The molecule has 0 saturated heterocycles. The van der Waals surface area contributed by atoms with Gasteiger partial charge in [0.15, 0.2) is 0 Å². The molecular weight excluding hydrogens is 266 g/mol. The van der Waals surface area contributed by atoms with E-state index in [1.165, 1.54) is 0 Å². The largest absolute Gasteiger partial charge is 0.495 e. The van der Waals surface area contributed by atoms with Crippen LogP contribution in [0.2, 0.25) is 5.02 Å². The molecule has 1 aromatic rings. The highest BCUT2D eigenvalue weighted by Crippen LogP contribution is 2.24. The van der Waals surface area contributed by atoms with Crippen molar-refractivity contribution in [1.29, 1.82) is 0 Å². The van der Waals surface area contributed by atoms with Gasteiger partial charge in [-0.2, -0.15) is 0 Å². The third-order valence-electron chi connectivity index (χ3n) is 2.66. The summed E-state index contributed by atoms with van der Waals surface area (Å²) in [5.74, 6) is 0.702. The van der Waals surface area contributed by atoms with Crippen molar-refractivity contribution in [2.75, 3.05) is 47.1 Å². The van der Waals surface area contributed by atoms with Crippen LogP contribution < -0.4 is 10.1 Å². The lowest BCUT2D eigenvalue weighted by Gasteiger charge is -2.07. The third kappa shape index (κ3) is 6.78. The molecule has 0 aliphatic carbocycles. The summed E-state index contributed by atoms with van der Waals surface area (Å²) in [6.45, 7) is 3.81. The number of rotatable bonds is 10. The van der Waals surface area contributed by atoms with Crippen LogP contribution in [0.1, 0.15) is 5.56 Å². The molecular formula is C14H22ClNO3. The highest BCUT2D eigenvalue weighted by Gasteiger charge is 2.01. The molecule has 0 saturated carbocycles. The zero-order valence-electron chi connectivity index (χ0n) is 11.6. The van der Waals surface area contributed by atoms with Crippen LogP contribution in [0.4, 0.5) is 0 Å². The predicted molar refractivity (Wildman–Crippen MR) is 77.3 cm³/mol. The summed E-state index contributed by atoms with van der Waals surface area (Å²) in [4.78, 5) is 0. The topological polar surface area (TPSA) is 39.7 Å². The number of ether oxygens (including phenoxy) is 3. The summed E-state index contributed by atoms with van der Waals surface area (Å²) in [7, 11) is 3.30. The number of benzene rings is 1. The van der Waals surface area contributed by atoms with Gasteiger partial charge in [-0.05, 0) is 24.1 Å². The standard InChI is InChI=1S/C14H22ClNO3/c1-17-9-6-16-7-10-19-8-5-12-3-4-14(18-2)13(15)11-12/h3-4,11,16H,5-10H2,1-2H3. The van der Waals surface area contributed by atoms with E-state index in [2.05, 4.69) is 5.32 Å². The van der Waals surface area contributed by atoms with Crippen LogP contribution in [0.15, 0.2) is 18.2 Å². The molecule has 1 rings (SSSR count). The highest BCUT2D eigenvalue weighted by molar-refractivity contribution is 6.32. The lowest BCUT2D eigenvalue weighted by molar-refractivity contribution is 0.135. The van der Waals surface area contributed by atoms with Crippen LogP contribution in [-0.4, -0.2) is 47.1 Å². The number of hydrogen-bond donors (Lipinski definition) is 1. The number of halogens is 1. The summed E-state index contributed by atoms with van der Waals surface area (Å²) in [5, 5.41) is 3.86. The highest BCUT2D eigenvalue weighted by atomic mass is 35.5. The monoisotopic (exact) mass is 287 g/mol. The molecule has 0 aromatic heterocycles. The molecule has 0 heterocycles. The Kier molecular flexibility index (Phi) is 8.58. The predicted octanol–water partition coefficient (Wildman–Crippen LogP) is 2.14. The Morgan fingerprint density at radius 3 is 2.58 bits per heavy atom.